The number of aryl methyl sites for hydroxylation is 2. The molecule has 3 aromatic rings. The number of rotatable bonds is 7. The first kappa shape index (κ1) is 19.0. The Morgan fingerprint density at radius 1 is 1.25 bits per heavy atom. The first-order chi connectivity index (χ1) is 13.4. The molecule has 1 amide bonds. The molecule has 9 heteroatoms. The molecule has 2 aromatic carbocycles. The van der Waals surface area contributed by atoms with Crippen LogP contribution in [0.15, 0.2) is 46.9 Å². The highest BCUT2D eigenvalue weighted by atomic mass is 16.6. The second-order valence-corrected chi connectivity index (χ2v) is 6.04. The van der Waals surface area contributed by atoms with Crippen LogP contribution in [0, 0.1) is 17.0 Å². The minimum atomic E-state index is -0.584. The number of nitro groups is 1. The molecule has 144 valence electrons. The number of nitro benzene ring substituents is 1. The Morgan fingerprint density at radius 2 is 2.04 bits per heavy atom. The lowest BCUT2D eigenvalue weighted by molar-refractivity contribution is -0.384. The molecular formula is C19H17N3O6. The van der Waals surface area contributed by atoms with Crippen molar-refractivity contribution in [2.75, 3.05) is 11.9 Å². The van der Waals surface area contributed by atoms with E-state index in [-0.39, 0.29) is 18.5 Å². The minimum Gasteiger partial charge on any atom is -0.456 e. The standard InChI is InChI=1S/C19H17N3O6/c1-12-6-7-13(22(25)26)10-15(12)20-17(23)11-27-19(24)9-8-18-21-14-4-2-3-5-16(14)28-18/h2-7,10H,8-9,11H2,1H3,(H,20,23). The molecule has 0 aliphatic heterocycles. The second kappa shape index (κ2) is 8.30. The highest BCUT2D eigenvalue weighted by molar-refractivity contribution is 5.93. The first-order valence-corrected chi connectivity index (χ1v) is 8.47. The number of ether oxygens (including phenoxy) is 1. The Labute approximate surface area is 159 Å². The first-order valence-electron chi connectivity index (χ1n) is 8.47. The van der Waals surface area contributed by atoms with E-state index in [1.54, 1.807) is 19.1 Å². The average Bonchev–Trinajstić information content (AvgIpc) is 3.09. The van der Waals surface area contributed by atoms with E-state index in [1.807, 2.05) is 12.1 Å². The van der Waals surface area contributed by atoms with Gasteiger partial charge in [-0.3, -0.25) is 19.7 Å². The van der Waals surface area contributed by atoms with Crippen molar-refractivity contribution in [3.63, 3.8) is 0 Å². The summed E-state index contributed by atoms with van der Waals surface area (Å²) in [5.74, 6) is -0.748. The van der Waals surface area contributed by atoms with Crippen LogP contribution in [0.2, 0.25) is 0 Å². The van der Waals surface area contributed by atoms with Gasteiger partial charge in [0.15, 0.2) is 18.1 Å². The van der Waals surface area contributed by atoms with Crippen molar-refractivity contribution in [1.29, 1.82) is 0 Å². The zero-order valence-corrected chi connectivity index (χ0v) is 15.0. The third-order valence-electron chi connectivity index (χ3n) is 3.95. The number of fused-ring (bicyclic) bond motifs is 1. The Morgan fingerprint density at radius 3 is 2.79 bits per heavy atom. The predicted octanol–water partition coefficient (Wildman–Crippen LogP) is 3.16. The van der Waals surface area contributed by atoms with Gasteiger partial charge in [0.2, 0.25) is 0 Å². The Hall–Kier alpha value is -3.75. The second-order valence-electron chi connectivity index (χ2n) is 6.04. The van der Waals surface area contributed by atoms with Gasteiger partial charge in [-0.05, 0) is 24.6 Å². The highest BCUT2D eigenvalue weighted by Gasteiger charge is 2.14. The average molecular weight is 383 g/mol. The summed E-state index contributed by atoms with van der Waals surface area (Å²) >= 11 is 0. The van der Waals surface area contributed by atoms with Crippen LogP contribution in [-0.4, -0.2) is 28.4 Å². The number of carbonyl (C=O) groups is 2. The topological polar surface area (TPSA) is 125 Å². The van der Waals surface area contributed by atoms with E-state index >= 15 is 0 Å². The SMILES string of the molecule is Cc1ccc([N+](=O)[O-])cc1NC(=O)COC(=O)CCc1nc2ccccc2o1. The van der Waals surface area contributed by atoms with Crippen LogP contribution in [0.5, 0.6) is 0 Å². The number of aromatic nitrogens is 1. The number of para-hydroxylation sites is 2. The molecule has 0 saturated heterocycles. The van der Waals surface area contributed by atoms with Crippen LogP contribution in [0.4, 0.5) is 11.4 Å². The van der Waals surface area contributed by atoms with E-state index in [9.17, 15) is 19.7 Å². The summed E-state index contributed by atoms with van der Waals surface area (Å²) in [6.07, 6.45) is 0.259. The molecule has 1 heterocycles. The molecule has 0 unspecified atom stereocenters. The van der Waals surface area contributed by atoms with Crippen LogP contribution in [0.25, 0.3) is 11.1 Å². The quantitative estimate of drug-likeness (QED) is 0.377. The molecule has 1 N–H and O–H groups in total. The Kier molecular flexibility index (Phi) is 5.64. The van der Waals surface area contributed by atoms with Crippen LogP contribution in [0.1, 0.15) is 17.9 Å². The van der Waals surface area contributed by atoms with Crippen molar-refractivity contribution in [1.82, 2.24) is 4.98 Å². The van der Waals surface area contributed by atoms with Gasteiger partial charge >= 0.3 is 5.97 Å². The number of oxazole rings is 1. The number of non-ortho nitro benzene ring substituents is 1. The van der Waals surface area contributed by atoms with Crippen molar-refractivity contribution >= 4 is 34.4 Å². The van der Waals surface area contributed by atoms with Crippen molar-refractivity contribution < 1.29 is 23.7 Å². The third kappa shape index (κ3) is 4.70. The fraction of sp³-hybridized carbons (Fsp3) is 0.211. The molecule has 9 nitrogen and oxygen atoms in total. The number of esters is 1. The fourth-order valence-corrected chi connectivity index (χ4v) is 2.50. The maximum atomic E-state index is 12.0. The molecule has 0 saturated carbocycles. The number of benzene rings is 2. The lowest BCUT2D eigenvalue weighted by Crippen LogP contribution is -2.21. The number of carbonyl (C=O) groups excluding carboxylic acids is 2. The summed E-state index contributed by atoms with van der Waals surface area (Å²) in [4.78, 5) is 38.3. The van der Waals surface area contributed by atoms with Gasteiger partial charge in [-0.2, -0.15) is 0 Å². The molecule has 0 spiro atoms. The van der Waals surface area contributed by atoms with E-state index in [0.29, 0.717) is 28.2 Å². The van der Waals surface area contributed by atoms with E-state index in [4.69, 9.17) is 9.15 Å². The van der Waals surface area contributed by atoms with E-state index < -0.39 is 23.4 Å². The van der Waals surface area contributed by atoms with E-state index in [2.05, 4.69) is 10.3 Å². The molecule has 0 bridgehead atoms. The van der Waals surface area contributed by atoms with Crippen LogP contribution in [-0.2, 0) is 20.7 Å². The number of anilines is 1. The van der Waals surface area contributed by atoms with Crippen molar-refractivity contribution in [2.24, 2.45) is 0 Å². The molecule has 3 rings (SSSR count). The molecular weight excluding hydrogens is 366 g/mol. The molecule has 28 heavy (non-hydrogen) atoms. The third-order valence-corrected chi connectivity index (χ3v) is 3.95. The smallest absolute Gasteiger partial charge is 0.306 e. The number of nitrogens with zero attached hydrogens (tertiary/aromatic N) is 2. The Bertz CT molecular complexity index is 1010. The molecule has 0 aliphatic rings. The van der Waals surface area contributed by atoms with Gasteiger partial charge in [-0.25, -0.2) is 4.98 Å². The number of amides is 1. The number of hydrogen-bond donors (Lipinski definition) is 1. The lowest BCUT2D eigenvalue weighted by atomic mass is 10.2. The predicted molar refractivity (Wildman–Crippen MR) is 99.8 cm³/mol. The molecule has 0 aliphatic carbocycles. The van der Waals surface area contributed by atoms with Crippen molar-refractivity contribution in [3.05, 3.63) is 64.0 Å². The lowest BCUT2D eigenvalue weighted by Gasteiger charge is -2.08. The number of nitrogens with one attached hydrogen (secondary N) is 1. The van der Waals surface area contributed by atoms with Gasteiger partial charge in [-0.1, -0.05) is 18.2 Å². The van der Waals surface area contributed by atoms with E-state index in [1.165, 1.54) is 18.2 Å². The van der Waals surface area contributed by atoms with Crippen molar-refractivity contribution in [2.45, 2.75) is 19.8 Å². The summed E-state index contributed by atoms with van der Waals surface area (Å²) in [6, 6.07) is 11.4. The fourth-order valence-electron chi connectivity index (χ4n) is 2.50. The normalized spacial score (nSPS) is 10.6. The maximum Gasteiger partial charge on any atom is 0.306 e. The highest BCUT2D eigenvalue weighted by Crippen LogP contribution is 2.21. The minimum absolute atomic E-state index is 0.00986. The summed E-state index contributed by atoms with van der Waals surface area (Å²) < 4.78 is 10.4. The van der Waals surface area contributed by atoms with Crippen LogP contribution < -0.4 is 5.32 Å². The maximum absolute atomic E-state index is 12.0. The van der Waals surface area contributed by atoms with Gasteiger partial charge in [0.25, 0.3) is 11.6 Å². The summed E-state index contributed by atoms with van der Waals surface area (Å²) in [5, 5.41) is 13.3. The summed E-state index contributed by atoms with van der Waals surface area (Å²) in [5.41, 5.74) is 2.15. The summed E-state index contributed by atoms with van der Waals surface area (Å²) in [7, 11) is 0. The van der Waals surface area contributed by atoms with Gasteiger partial charge in [0.1, 0.15) is 5.52 Å². The molecule has 1 aromatic heterocycles. The van der Waals surface area contributed by atoms with E-state index in [0.717, 1.165) is 0 Å². The van der Waals surface area contributed by atoms with Gasteiger partial charge in [-0.15, -0.1) is 0 Å². The summed E-state index contributed by atoms with van der Waals surface area (Å²) in [6.45, 7) is 1.21. The number of hydrogen-bond acceptors (Lipinski definition) is 7. The van der Waals surface area contributed by atoms with Gasteiger partial charge in [0, 0.05) is 18.6 Å². The van der Waals surface area contributed by atoms with Crippen LogP contribution >= 0.6 is 0 Å². The van der Waals surface area contributed by atoms with Gasteiger partial charge < -0.3 is 14.5 Å². The van der Waals surface area contributed by atoms with Crippen molar-refractivity contribution in [3.8, 4) is 0 Å². The zero-order chi connectivity index (χ0) is 20.1. The largest absolute Gasteiger partial charge is 0.456 e. The van der Waals surface area contributed by atoms with Crippen LogP contribution in [0.3, 0.4) is 0 Å². The molecule has 0 fully saturated rings. The zero-order valence-electron chi connectivity index (χ0n) is 15.0. The molecule has 0 radical (unpaired) electrons. The monoisotopic (exact) mass is 383 g/mol. The molecule has 0 atom stereocenters. The van der Waals surface area contributed by atoms with Gasteiger partial charge in [0.05, 0.1) is 17.0 Å². The Balaban J connectivity index is 1.48.